The van der Waals surface area contributed by atoms with Gasteiger partial charge in [0.15, 0.2) is 5.65 Å². The molecule has 5 aromatic rings. The molecular formula is C19H17FN8OS. The van der Waals surface area contributed by atoms with Crippen molar-refractivity contribution >= 4 is 38.4 Å². The second-order valence-corrected chi connectivity index (χ2v) is 7.91. The van der Waals surface area contributed by atoms with E-state index in [-0.39, 0.29) is 17.8 Å². The van der Waals surface area contributed by atoms with Gasteiger partial charge < -0.3 is 9.88 Å². The van der Waals surface area contributed by atoms with Gasteiger partial charge >= 0.3 is 0 Å². The van der Waals surface area contributed by atoms with Gasteiger partial charge in [-0.3, -0.25) is 9.89 Å². The Morgan fingerprint density at radius 1 is 1.27 bits per heavy atom. The van der Waals surface area contributed by atoms with Crippen LogP contribution in [0, 0.1) is 5.82 Å². The van der Waals surface area contributed by atoms with E-state index in [2.05, 4.69) is 25.6 Å². The molecule has 0 aliphatic carbocycles. The van der Waals surface area contributed by atoms with Crippen LogP contribution < -0.4 is 10.9 Å². The first-order chi connectivity index (χ1) is 14.5. The number of rotatable bonds is 5. The van der Waals surface area contributed by atoms with Gasteiger partial charge in [0, 0.05) is 37.8 Å². The van der Waals surface area contributed by atoms with Gasteiger partial charge in [-0.05, 0) is 18.2 Å². The number of fused-ring (bicyclic) bond motifs is 3. The van der Waals surface area contributed by atoms with Crippen molar-refractivity contribution in [3.63, 3.8) is 0 Å². The van der Waals surface area contributed by atoms with Crippen LogP contribution in [-0.4, -0.2) is 41.6 Å². The van der Waals surface area contributed by atoms with E-state index >= 15 is 0 Å². The minimum absolute atomic E-state index is 0.0620. The molecule has 0 bridgehead atoms. The van der Waals surface area contributed by atoms with Crippen molar-refractivity contribution in [2.24, 2.45) is 7.05 Å². The first-order valence-corrected chi connectivity index (χ1v) is 10.0. The second kappa shape index (κ2) is 7.02. The predicted octanol–water partition coefficient (Wildman–Crippen LogP) is 2.28. The van der Waals surface area contributed by atoms with Crippen LogP contribution in [0.5, 0.6) is 0 Å². The third-order valence-corrected chi connectivity index (χ3v) is 6.02. The highest BCUT2D eigenvalue weighted by Gasteiger charge is 2.19. The lowest BCUT2D eigenvalue weighted by Gasteiger charge is -2.08. The lowest BCUT2D eigenvalue weighted by atomic mass is 10.3. The Labute approximate surface area is 173 Å². The summed E-state index contributed by atoms with van der Waals surface area (Å²) in [5, 5.41) is 15.7. The number of hydrogen-bond donors (Lipinski definition) is 2. The molecule has 0 aromatic carbocycles. The molecule has 2 N–H and O–H groups in total. The van der Waals surface area contributed by atoms with Crippen LogP contribution >= 0.6 is 11.3 Å². The Morgan fingerprint density at radius 3 is 2.90 bits per heavy atom. The van der Waals surface area contributed by atoms with Crippen LogP contribution in [-0.2, 0) is 20.0 Å². The van der Waals surface area contributed by atoms with E-state index < -0.39 is 5.82 Å². The summed E-state index contributed by atoms with van der Waals surface area (Å²) in [7, 11) is 3.50. The first-order valence-electron chi connectivity index (χ1n) is 9.20. The van der Waals surface area contributed by atoms with Crippen molar-refractivity contribution in [3.05, 3.63) is 63.2 Å². The molecule has 0 fully saturated rings. The van der Waals surface area contributed by atoms with Crippen LogP contribution in [0.2, 0.25) is 0 Å². The van der Waals surface area contributed by atoms with Crippen molar-refractivity contribution in [1.29, 1.82) is 0 Å². The minimum atomic E-state index is -0.485. The normalized spacial score (nSPS) is 11.6. The lowest BCUT2D eigenvalue weighted by molar-refractivity contribution is 0.560. The van der Waals surface area contributed by atoms with E-state index in [0.717, 1.165) is 26.4 Å². The monoisotopic (exact) mass is 424 g/mol. The van der Waals surface area contributed by atoms with Crippen LogP contribution in [0.1, 0.15) is 16.4 Å². The molecule has 0 aliphatic rings. The Morgan fingerprint density at radius 2 is 2.13 bits per heavy atom. The van der Waals surface area contributed by atoms with Gasteiger partial charge in [-0.2, -0.15) is 10.2 Å². The van der Waals surface area contributed by atoms with Crippen molar-refractivity contribution in [3.8, 4) is 0 Å². The molecule has 5 aromatic heterocycles. The van der Waals surface area contributed by atoms with E-state index in [1.54, 1.807) is 31.1 Å². The third kappa shape index (κ3) is 2.94. The highest BCUT2D eigenvalue weighted by molar-refractivity contribution is 7.19. The average Bonchev–Trinajstić information content (AvgIpc) is 3.45. The number of aromatic nitrogens is 7. The quantitative estimate of drug-likeness (QED) is 0.448. The highest BCUT2D eigenvalue weighted by Crippen LogP contribution is 2.31. The average molecular weight is 424 g/mol. The number of aromatic amines is 1. The minimum Gasteiger partial charge on any atom is -0.373 e. The van der Waals surface area contributed by atoms with Gasteiger partial charge in [0.2, 0.25) is 0 Å². The molecule has 0 unspecified atom stereocenters. The maximum absolute atomic E-state index is 14.2. The number of pyridine rings is 1. The van der Waals surface area contributed by atoms with Gasteiger partial charge in [0.1, 0.15) is 27.9 Å². The Bertz CT molecular complexity index is 1430. The standard InChI is InChI=1S/C19H17FN8OS/c1-21-14-4-3-12(20)13(24-14)9-28-19(29)16-11(8-23-28)17-18(27(16)2)25-15(30-17)7-10-5-6-22-26-10/h3-6,8H,7,9H2,1-2H3,(H,21,24)(H,22,26). The molecule has 5 heterocycles. The first kappa shape index (κ1) is 18.4. The molecule has 0 saturated heterocycles. The molecular weight excluding hydrogens is 407 g/mol. The number of nitrogens with zero attached hydrogens (tertiary/aromatic N) is 6. The molecule has 0 amide bonds. The maximum Gasteiger partial charge on any atom is 0.291 e. The molecule has 152 valence electrons. The second-order valence-electron chi connectivity index (χ2n) is 6.82. The molecule has 11 heteroatoms. The molecule has 0 atom stereocenters. The molecule has 30 heavy (non-hydrogen) atoms. The third-order valence-electron chi connectivity index (χ3n) is 4.94. The van der Waals surface area contributed by atoms with Crippen molar-refractivity contribution < 1.29 is 4.39 Å². The number of thiazole rings is 1. The summed E-state index contributed by atoms with van der Waals surface area (Å²) in [6, 6.07) is 4.76. The molecule has 0 saturated carbocycles. The van der Waals surface area contributed by atoms with Gasteiger partial charge in [-0.25, -0.2) is 19.0 Å². The number of anilines is 1. The van der Waals surface area contributed by atoms with Crippen LogP contribution in [0.25, 0.3) is 21.3 Å². The summed E-state index contributed by atoms with van der Waals surface area (Å²) in [6.45, 7) is -0.0620. The topological polar surface area (TPSA) is 106 Å². The smallest absolute Gasteiger partial charge is 0.291 e. The van der Waals surface area contributed by atoms with E-state index in [0.29, 0.717) is 17.8 Å². The van der Waals surface area contributed by atoms with Crippen molar-refractivity contribution in [1.82, 2.24) is 34.5 Å². The Hall–Kier alpha value is -3.60. The summed E-state index contributed by atoms with van der Waals surface area (Å²) in [5.74, 6) is 0.0367. The maximum atomic E-state index is 14.2. The van der Waals surface area contributed by atoms with Gasteiger partial charge in [0.25, 0.3) is 5.56 Å². The number of hydrogen-bond acceptors (Lipinski definition) is 7. The fraction of sp³-hybridized carbons (Fsp3) is 0.211. The highest BCUT2D eigenvalue weighted by atomic mass is 32.1. The van der Waals surface area contributed by atoms with Crippen molar-refractivity contribution in [2.75, 3.05) is 12.4 Å². The Balaban J connectivity index is 1.57. The van der Waals surface area contributed by atoms with E-state index in [9.17, 15) is 9.18 Å². The SMILES string of the molecule is CNc1ccc(F)c(Cn2ncc3c4sc(Cc5ccn[nH]5)nc4n(C)c3c2=O)n1. The van der Waals surface area contributed by atoms with Gasteiger partial charge in [-0.1, -0.05) is 0 Å². The largest absolute Gasteiger partial charge is 0.373 e. The fourth-order valence-electron chi connectivity index (χ4n) is 3.44. The van der Waals surface area contributed by atoms with Gasteiger partial charge in [-0.15, -0.1) is 11.3 Å². The predicted molar refractivity (Wildman–Crippen MR) is 112 cm³/mol. The summed E-state index contributed by atoms with van der Waals surface area (Å²) >= 11 is 1.52. The zero-order valence-electron chi connectivity index (χ0n) is 16.2. The number of nitrogens with one attached hydrogen (secondary N) is 2. The lowest BCUT2D eigenvalue weighted by Crippen LogP contribution is -2.25. The molecule has 5 rings (SSSR count). The summed E-state index contributed by atoms with van der Waals surface area (Å²) < 4.78 is 18.1. The zero-order valence-corrected chi connectivity index (χ0v) is 17.0. The van der Waals surface area contributed by atoms with Crippen LogP contribution in [0.15, 0.2) is 35.4 Å². The Kier molecular flexibility index (Phi) is 4.31. The zero-order chi connectivity index (χ0) is 20.8. The van der Waals surface area contributed by atoms with Crippen molar-refractivity contribution in [2.45, 2.75) is 13.0 Å². The fourth-order valence-corrected chi connectivity index (χ4v) is 4.57. The molecule has 9 nitrogen and oxygen atoms in total. The summed E-state index contributed by atoms with van der Waals surface area (Å²) in [4.78, 5) is 22.0. The number of H-pyrrole nitrogens is 1. The summed E-state index contributed by atoms with van der Waals surface area (Å²) in [6.07, 6.45) is 3.98. The molecule has 0 radical (unpaired) electrons. The van der Waals surface area contributed by atoms with Crippen LogP contribution in [0.4, 0.5) is 10.2 Å². The van der Waals surface area contributed by atoms with Crippen LogP contribution in [0.3, 0.4) is 0 Å². The molecule has 0 spiro atoms. The van der Waals surface area contributed by atoms with E-state index in [4.69, 9.17) is 4.98 Å². The summed E-state index contributed by atoms with van der Waals surface area (Å²) in [5.41, 5.74) is 2.01. The number of halogens is 1. The number of aryl methyl sites for hydroxylation is 1. The van der Waals surface area contributed by atoms with E-state index in [1.807, 2.05) is 6.07 Å². The van der Waals surface area contributed by atoms with E-state index in [1.165, 1.54) is 28.2 Å². The molecule has 0 aliphatic heterocycles. The van der Waals surface area contributed by atoms with Gasteiger partial charge in [0.05, 0.1) is 17.4 Å².